The Balaban J connectivity index is 0.00000264. The molecule has 23 heavy (non-hydrogen) atoms. The van der Waals surface area contributed by atoms with Gasteiger partial charge in [-0.05, 0) is 46.2 Å². The molecule has 0 unspecified atom stereocenters. The van der Waals surface area contributed by atoms with E-state index in [1.165, 1.54) is 12.1 Å². The van der Waals surface area contributed by atoms with E-state index in [-0.39, 0.29) is 23.4 Å². The van der Waals surface area contributed by atoms with Gasteiger partial charge in [0.25, 0.3) is 0 Å². The van der Waals surface area contributed by atoms with Gasteiger partial charge in [0.2, 0.25) is 0 Å². The van der Waals surface area contributed by atoms with E-state index in [1.54, 1.807) is 6.07 Å². The minimum atomic E-state index is -0.505. The minimum Gasteiger partial charge on any atom is -0.493 e. The molecular formula is C15H23BCl2FNO3. The molecule has 130 valence electrons. The molecule has 8 heteroatoms. The van der Waals surface area contributed by atoms with Gasteiger partial charge in [-0.3, -0.25) is 0 Å². The molecule has 1 atom stereocenters. The second-order valence-electron chi connectivity index (χ2n) is 6.50. The summed E-state index contributed by atoms with van der Waals surface area (Å²) in [5.41, 5.74) is 5.30. The third kappa shape index (κ3) is 4.73. The maximum atomic E-state index is 13.3. The fraction of sp³-hybridized carbons (Fsp3) is 0.600. The zero-order valence-electron chi connectivity index (χ0n) is 13.8. The molecule has 0 bridgehead atoms. The van der Waals surface area contributed by atoms with Crippen molar-refractivity contribution in [3.8, 4) is 5.75 Å². The number of hydrogen-bond acceptors (Lipinski definition) is 4. The Morgan fingerprint density at radius 3 is 2.35 bits per heavy atom. The molecule has 0 spiro atoms. The lowest BCUT2D eigenvalue weighted by molar-refractivity contribution is 0.00578. The summed E-state index contributed by atoms with van der Waals surface area (Å²) in [6.45, 7) is 8.26. The predicted octanol–water partition coefficient (Wildman–Crippen LogP) is 3.63. The van der Waals surface area contributed by atoms with E-state index >= 15 is 0 Å². The molecule has 1 fully saturated rings. The number of hydrogen-bond donors (Lipinski definition) is 1. The highest BCUT2D eigenvalue weighted by Gasteiger charge is 2.52. The topological polar surface area (TPSA) is 53.7 Å². The molecule has 1 heterocycles. The van der Waals surface area contributed by atoms with Crippen LogP contribution in [0.5, 0.6) is 5.75 Å². The van der Waals surface area contributed by atoms with Gasteiger partial charge >= 0.3 is 7.12 Å². The highest BCUT2D eigenvalue weighted by molar-refractivity contribution is 6.47. The van der Waals surface area contributed by atoms with Crippen LogP contribution in [0.15, 0.2) is 18.2 Å². The Labute approximate surface area is 148 Å². The monoisotopic (exact) mass is 365 g/mol. The SMILES string of the molecule is CC1(C)OB([C@H](N)CCOc2ccc(Cl)c(F)c2)OC1(C)C.Cl. The molecule has 2 rings (SSSR count). The van der Waals surface area contributed by atoms with E-state index < -0.39 is 24.1 Å². The first-order chi connectivity index (χ1) is 10.1. The van der Waals surface area contributed by atoms with Crippen molar-refractivity contribution in [2.24, 2.45) is 5.73 Å². The van der Waals surface area contributed by atoms with E-state index in [2.05, 4.69) is 0 Å². The maximum Gasteiger partial charge on any atom is 0.475 e. The van der Waals surface area contributed by atoms with Gasteiger partial charge in [-0.1, -0.05) is 11.6 Å². The summed E-state index contributed by atoms with van der Waals surface area (Å²) in [4.78, 5) is 0. The average molecular weight is 366 g/mol. The van der Waals surface area contributed by atoms with E-state index in [1.807, 2.05) is 27.7 Å². The van der Waals surface area contributed by atoms with Gasteiger partial charge in [-0.2, -0.15) is 0 Å². The molecule has 4 nitrogen and oxygen atoms in total. The number of rotatable bonds is 5. The zero-order valence-corrected chi connectivity index (χ0v) is 15.3. The van der Waals surface area contributed by atoms with Gasteiger partial charge in [0.05, 0.1) is 22.8 Å². The first-order valence-electron chi connectivity index (χ1n) is 7.31. The summed E-state index contributed by atoms with van der Waals surface area (Å²) in [5, 5.41) is 0.0706. The van der Waals surface area contributed by atoms with Crippen molar-refractivity contribution in [3.63, 3.8) is 0 Å². The van der Waals surface area contributed by atoms with Crippen LogP contribution >= 0.6 is 24.0 Å². The quantitative estimate of drug-likeness (QED) is 0.809. The van der Waals surface area contributed by atoms with Crippen molar-refractivity contribution < 1.29 is 18.4 Å². The van der Waals surface area contributed by atoms with Gasteiger partial charge < -0.3 is 19.8 Å². The standard InChI is InChI=1S/C15H22BClFNO3.ClH/c1-14(2)15(3,4)22-16(21-14)13(19)7-8-20-10-5-6-11(17)12(18)9-10;/h5-6,9,13H,7-8,19H2,1-4H3;1H/t13-;/m1./s1. The van der Waals surface area contributed by atoms with Crippen LogP contribution in [-0.4, -0.2) is 30.9 Å². The van der Waals surface area contributed by atoms with E-state index in [0.717, 1.165) is 0 Å². The Bertz CT molecular complexity index is 529. The number of benzene rings is 1. The summed E-state index contributed by atoms with van der Waals surface area (Å²) < 4.78 is 30.6. The highest BCUT2D eigenvalue weighted by Crippen LogP contribution is 2.37. The van der Waals surface area contributed by atoms with Crippen LogP contribution in [0.1, 0.15) is 34.1 Å². The maximum absolute atomic E-state index is 13.3. The summed E-state index contributed by atoms with van der Waals surface area (Å²) in [6, 6.07) is 4.33. The van der Waals surface area contributed by atoms with Crippen molar-refractivity contribution in [1.82, 2.24) is 0 Å². The van der Waals surface area contributed by atoms with E-state index in [0.29, 0.717) is 18.8 Å². The first-order valence-corrected chi connectivity index (χ1v) is 7.69. The molecule has 0 amide bonds. The molecule has 0 saturated carbocycles. The summed E-state index contributed by atoms with van der Waals surface area (Å²) >= 11 is 5.62. The molecule has 1 aliphatic rings. The van der Waals surface area contributed by atoms with Crippen molar-refractivity contribution in [2.75, 3.05) is 6.61 Å². The smallest absolute Gasteiger partial charge is 0.475 e. The summed E-state index contributed by atoms with van der Waals surface area (Å²) in [5.74, 6) is -0.407. The second-order valence-corrected chi connectivity index (χ2v) is 6.91. The minimum absolute atomic E-state index is 0. The summed E-state index contributed by atoms with van der Waals surface area (Å²) in [7, 11) is -0.476. The van der Waals surface area contributed by atoms with Crippen LogP contribution in [0.3, 0.4) is 0 Å². The zero-order chi connectivity index (χ0) is 16.5. The summed E-state index contributed by atoms with van der Waals surface area (Å²) in [6.07, 6.45) is 0.529. The number of nitrogens with two attached hydrogens (primary N) is 1. The molecule has 0 aliphatic carbocycles. The second kappa shape index (κ2) is 7.57. The van der Waals surface area contributed by atoms with E-state index in [9.17, 15) is 4.39 Å². The Hall–Kier alpha value is -0.525. The van der Waals surface area contributed by atoms with Gasteiger partial charge in [0.1, 0.15) is 11.6 Å². The van der Waals surface area contributed by atoms with Crippen molar-refractivity contribution in [1.29, 1.82) is 0 Å². The third-order valence-corrected chi connectivity index (χ3v) is 4.54. The van der Waals surface area contributed by atoms with Crippen LogP contribution in [0.4, 0.5) is 4.39 Å². The lowest BCUT2D eigenvalue weighted by Crippen LogP contribution is -2.42. The van der Waals surface area contributed by atoms with Gasteiger partial charge in [0.15, 0.2) is 0 Å². The van der Waals surface area contributed by atoms with Crippen molar-refractivity contribution >= 4 is 31.1 Å². The Kier molecular flexibility index (Phi) is 6.76. The normalized spacial score (nSPS) is 20.0. The number of ether oxygens (including phenoxy) is 1. The molecule has 0 aromatic heterocycles. The lowest BCUT2D eigenvalue weighted by Gasteiger charge is -2.32. The van der Waals surface area contributed by atoms with Crippen LogP contribution in [0.2, 0.25) is 5.02 Å². The van der Waals surface area contributed by atoms with Crippen LogP contribution in [0.25, 0.3) is 0 Å². The third-order valence-electron chi connectivity index (χ3n) is 4.23. The average Bonchev–Trinajstić information content (AvgIpc) is 2.63. The van der Waals surface area contributed by atoms with Gasteiger partial charge in [0, 0.05) is 12.0 Å². The molecular weight excluding hydrogens is 343 g/mol. The highest BCUT2D eigenvalue weighted by atomic mass is 35.5. The lowest BCUT2D eigenvalue weighted by atomic mass is 9.77. The molecule has 1 saturated heterocycles. The van der Waals surface area contributed by atoms with Crippen LogP contribution in [-0.2, 0) is 9.31 Å². The van der Waals surface area contributed by atoms with Crippen LogP contribution in [0, 0.1) is 5.82 Å². The van der Waals surface area contributed by atoms with Crippen molar-refractivity contribution in [2.45, 2.75) is 51.3 Å². The Morgan fingerprint density at radius 2 is 1.83 bits per heavy atom. The fourth-order valence-corrected chi connectivity index (χ4v) is 2.20. The first kappa shape index (κ1) is 20.5. The van der Waals surface area contributed by atoms with Crippen LogP contribution < -0.4 is 10.5 Å². The molecule has 1 aromatic rings. The predicted molar refractivity (Wildman–Crippen MR) is 92.8 cm³/mol. The Morgan fingerprint density at radius 1 is 1.26 bits per heavy atom. The molecule has 1 aromatic carbocycles. The van der Waals surface area contributed by atoms with E-state index in [4.69, 9.17) is 31.4 Å². The fourth-order valence-electron chi connectivity index (χ4n) is 2.08. The van der Waals surface area contributed by atoms with Crippen molar-refractivity contribution in [3.05, 3.63) is 29.0 Å². The van der Waals surface area contributed by atoms with Gasteiger partial charge in [-0.15, -0.1) is 12.4 Å². The molecule has 0 radical (unpaired) electrons. The number of halogens is 3. The largest absolute Gasteiger partial charge is 0.493 e. The van der Waals surface area contributed by atoms with Gasteiger partial charge in [-0.25, -0.2) is 4.39 Å². The molecule has 1 aliphatic heterocycles. The molecule has 2 N–H and O–H groups in total.